The van der Waals surface area contributed by atoms with E-state index in [1.165, 1.54) is 65.2 Å². The molecule has 0 saturated carbocycles. The van der Waals surface area contributed by atoms with E-state index in [0.29, 0.717) is 0 Å². The lowest BCUT2D eigenvalue weighted by atomic mass is 10.0. The van der Waals surface area contributed by atoms with Crippen molar-refractivity contribution >= 4 is 99.3 Å². The molecule has 0 atom stereocenters. The van der Waals surface area contributed by atoms with E-state index in [4.69, 9.17) is 0 Å². The molecule has 0 aliphatic rings. The third-order valence-electron chi connectivity index (χ3n) is 13.2. The van der Waals surface area contributed by atoms with Crippen molar-refractivity contribution in [2.75, 3.05) is 9.80 Å². The van der Waals surface area contributed by atoms with Crippen LogP contribution in [0.5, 0.6) is 0 Å². The van der Waals surface area contributed by atoms with Gasteiger partial charge in [0.15, 0.2) is 0 Å². The van der Waals surface area contributed by atoms with Crippen LogP contribution in [-0.4, -0.2) is 9.13 Å². The molecule has 0 fully saturated rings. The van der Waals surface area contributed by atoms with Crippen LogP contribution in [0.4, 0.5) is 34.1 Å². The topological polar surface area (TPSA) is 16.3 Å². The van der Waals surface area contributed by atoms with Crippen LogP contribution in [0, 0.1) is 0 Å². The molecule has 4 nitrogen and oxygen atoms in total. The molecule has 13 rings (SSSR count). The first kappa shape index (κ1) is 37.7. The predicted molar refractivity (Wildman–Crippen MR) is 279 cm³/mol. The summed E-state index contributed by atoms with van der Waals surface area (Å²) in [4.78, 5) is 4.85. The van der Waals surface area contributed by atoms with Crippen molar-refractivity contribution in [3.05, 3.63) is 255 Å². The minimum atomic E-state index is 1.07. The summed E-state index contributed by atoms with van der Waals surface area (Å²) in [5.41, 5.74) is 13.6. The van der Waals surface area contributed by atoms with Crippen LogP contribution in [0.3, 0.4) is 0 Å². The Labute approximate surface area is 382 Å². The zero-order valence-corrected chi connectivity index (χ0v) is 36.0. The summed E-state index contributed by atoms with van der Waals surface area (Å²) in [6, 6.07) is 92.5. The van der Waals surface area contributed by atoms with Crippen LogP contribution in [0.1, 0.15) is 0 Å². The van der Waals surface area contributed by atoms with Gasteiger partial charge < -0.3 is 18.9 Å². The molecule has 0 spiro atoms. The lowest BCUT2D eigenvalue weighted by Gasteiger charge is -2.30. The summed E-state index contributed by atoms with van der Waals surface area (Å²) >= 11 is 0. The fraction of sp³-hybridized carbons (Fsp3) is 0. The highest BCUT2D eigenvalue weighted by Gasteiger charge is 2.22. The Hall–Kier alpha value is -8.86. The van der Waals surface area contributed by atoms with Gasteiger partial charge >= 0.3 is 0 Å². The number of benzene rings is 11. The summed E-state index contributed by atoms with van der Waals surface area (Å²) in [5, 5.41) is 9.64. The van der Waals surface area contributed by atoms with Crippen LogP contribution < -0.4 is 9.80 Å². The Bertz CT molecular complexity index is 3670. The third-order valence-corrected chi connectivity index (χ3v) is 13.2. The van der Waals surface area contributed by atoms with Gasteiger partial charge in [-0.2, -0.15) is 0 Å². The van der Waals surface area contributed by atoms with E-state index in [1.807, 2.05) is 0 Å². The van der Waals surface area contributed by atoms with Gasteiger partial charge in [0.25, 0.3) is 0 Å². The van der Waals surface area contributed by atoms with Gasteiger partial charge in [-0.05, 0) is 120 Å². The average molecular weight is 843 g/mol. The van der Waals surface area contributed by atoms with E-state index in [0.717, 1.165) is 45.5 Å². The largest absolute Gasteiger partial charge is 0.310 e. The van der Waals surface area contributed by atoms with Gasteiger partial charge in [-0.1, -0.05) is 146 Å². The molecule has 11 aromatic carbocycles. The summed E-state index contributed by atoms with van der Waals surface area (Å²) in [5.74, 6) is 0. The Morgan fingerprint density at radius 3 is 1.00 bits per heavy atom. The van der Waals surface area contributed by atoms with Gasteiger partial charge in [-0.3, -0.25) is 0 Å². The summed E-state index contributed by atoms with van der Waals surface area (Å²) in [6.07, 6.45) is 0. The molecule has 0 aliphatic carbocycles. The zero-order chi connectivity index (χ0) is 43.6. The number of hydrogen-bond acceptors (Lipinski definition) is 2. The van der Waals surface area contributed by atoms with E-state index in [2.05, 4.69) is 274 Å². The Morgan fingerprint density at radius 2 is 0.561 bits per heavy atom. The third kappa shape index (κ3) is 6.07. The molecule has 66 heavy (non-hydrogen) atoms. The van der Waals surface area contributed by atoms with Gasteiger partial charge in [-0.25, -0.2) is 0 Å². The summed E-state index contributed by atoms with van der Waals surface area (Å²) < 4.78 is 4.76. The van der Waals surface area contributed by atoms with E-state index in [9.17, 15) is 0 Å². The molecule has 0 radical (unpaired) electrons. The molecule has 13 aromatic rings. The van der Waals surface area contributed by atoms with Crippen molar-refractivity contribution in [1.82, 2.24) is 9.13 Å². The minimum absolute atomic E-state index is 1.07. The van der Waals surface area contributed by atoms with E-state index < -0.39 is 0 Å². The molecule has 0 bridgehead atoms. The molecule has 0 saturated heterocycles. The molecular weight excluding hydrogens is 801 g/mol. The highest BCUT2D eigenvalue weighted by atomic mass is 15.2. The van der Waals surface area contributed by atoms with E-state index in [1.54, 1.807) is 0 Å². The number of anilines is 6. The van der Waals surface area contributed by atoms with Gasteiger partial charge in [-0.15, -0.1) is 0 Å². The fourth-order valence-corrected chi connectivity index (χ4v) is 10.3. The highest BCUT2D eigenvalue weighted by molar-refractivity contribution is 6.13. The zero-order valence-electron chi connectivity index (χ0n) is 36.0. The van der Waals surface area contributed by atoms with E-state index in [-0.39, 0.29) is 0 Å². The van der Waals surface area contributed by atoms with Gasteiger partial charge in [0, 0.05) is 66.4 Å². The standard InChI is InChI=1S/C62H42N4/c1-3-21-45(22-4-1)65-59-29-13-11-27-53(59)55-41-49(37-39-61(55)65)63(57-31-15-19-43-17-7-9-25-51(43)57)47-33-35-48(36-34-47)64(58-32-16-20-44-18-8-10-26-52(44)58)50-38-40-62-56(42-50)54-28-12-14-30-60(54)66(62)46-23-5-2-6-24-46/h1-42H. The Kier molecular flexibility index (Phi) is 8.81. The van der Waals surface area contributed by atoms with Crippen molar-refractivity contribution in [3.8, 4) is 11.4 Å². The van der Waals surface area contributed by atoms with Crippen LogP contribution >= 0.6 is 0 Å². The number of para-hydroxylation sites is 4. The highest BCUT2D eigenvalue weighted by Crippen LogP contribution is 2.46. The van der Waals surface area contributed by atoms with Gasteiger partial charge in [0.2, 0.25) is 0 Å². The van der Waals surface area contributed by atoms with Crippen molar-refractivity contribution in [3.63, 3.8) is 0 Å². The second-order valence-electron chi connectivity index (χ2n) is 17.0. The molecule has 4 heteroatoms. The molecule has 2 aromatic heterocycles. The molecule has 0 N–H and O–H groups in total. The average Bonchev–Trinajstić information content (AvgIpc) is 3.90. The summed E-state index contributed by atoms with van der Waals surface area (Å²) in [7, 11) is 0. The number of fused-ring (bicyclic) bond motifs is 8. The molecule has 0 amide bonds. The van der Waals surface area contributed by atoms with Crippen molar-refractivity contribution < 1.29 is 0 Å². The maximum Gasteiger partial charge on any atom is 0.0542 e. The predicted octanol–water partition coefficient (Wildman–Crippen LogP) is 17.1. The van der Waals surface area contributed by atoms with Crippen molar-refractivity contribution in [2.24, 2.45) is 0 Å². The molecule has 0 unspecified atom stereocenters. The molecule has 0 aliphatic heterocycles. The van der Waals surface area contributed by atoms with Crippen LogP contribution in [0.25, 0.3) is 76.5 Å². The quantitative estimate of drug-likeness (QED) is 0.152. The van der Waals surface area contributed by atoms with Crippen molar-refractivity contribution in [2.45, 2.75) is 0 Å². The summed E-state index contributed by atoms with van der Waals surface area (Å²) in [6.45, 7) is 0. The number of hydrogen-bond donors (Lipinski definition) is 0. The smallest absolute Gasteiger partial charge is 0.0542 e. The van der Waals surface area contributed by atoms with Crippen LogP contribution in [0.2, 0.25) is 0 Å². The minimum Gasteiger partial charge on any atom is -0.310 e. The van der Waals surface area contributed by atoms with Gasteiger partial charge in [0.05, 0.1) is 33.4 Å². The second kappa shape index (κ2) is 15.4. The first-order valence-corrected chi connectivity index (χ1v) is 22.6. The first-order chi connectivity index (χ1) is 32.8. The fourth-order valence-electron chi connectivity index (χ4n) is 10.3. The normalized spacial score (nSPS) is 11.6. The monoisotopic (exact) mass is 842 g/mol. The van der Waals surface area contributed by atoms with E-state index >= 15 is 0 Å². The second-order valence-corrected chi connectivity index (χ2v) is 17.0. The Morgan fingerprint density at radius 1 is 0.227 bits per heavy atom. The first-order valence-electron chi connectivity index (χ1n) is 22.6. The number of aromatic nitrogens is 2. The van der Waals surface area contributed by atoms with Gasteiger partial charge in [0.1, 0.15) is 0 Å². The molecular formula is C62H42N4. The number of rotatable bonds is 8. The van der Waals surface area contributed by atoms with Crippen LogP contribution in [0.15, 0.2) is 255 Å². The maximum absolute atomic E-state index is 2.42. The van der Waals surface area contributed by atoms with Crippen molar-refractivity contribution in [1.29, 1.82) is 0 Å². The lowest BCUT2D eigenvalue weighted by molar-refractivity contribution is 1.18. The molecule has 310 valence electrons. The van der Waals surface area contributed by atoms with Crippen LogP contribution in [-0.2, 0) is 0 Å². The maximum atomic E-state index is 2.42. The lowest BCUT2D eigenvalue weighted by Crippen LogP contribution is -2.13. The SMILES string of the molecule is c1ccc(-n2c3ccccc3c3cc(N(c4ccc(N(c5ccc6c(c5)c5ccccc5n6-c5ccccc5)c5cccc6ccccc56)cc4)c4cccc5ccccc45)ccc32)cc1. The number of nitrogens with zero attached hydrogens (tertiary/aromatic N) is 4. The molecule has 2 heterocycles. The Balaban J connectivity index is 1.00.